The Labute approximate surface area is 152 Å². The highest BCUT2D eigenvalue weighted by Crippen LogP contribution is 2.27. The lowest BCUT2D eigenvalue weighted by atomic mass is 10.1. The molecule has 26 heavy (non-hydrogen) atoms. The van der Waals surface area contributed by atoms with E-state index in [4.69, 9.17) is 4.74 Å². The van der Waals surface area contributed by atoms with Crippen LogP contribution in [0.2, 0.25) is 0 Å². The van der Waals surface area contributed by atoms with Crippen molar-refractivity contribution in [2.45, 2.75) is 26.9 Å². The molecule has 8 heteroatoms. The second-order valence-electron chi connectivity index (χ2n) is 5.91. The number of hydrogen-bond donors (Lipinski definition) is 2. The number of carbonyl (C=O) groups excluding carboxylic acids is 2. The molecular formula is C18H23N5O3. The first-order valence-corrected chi connectivity index (χ1v) is 8.74. The molecule has 1 aromatic heterocycles. The summed E-state index contributed by atoms with van der Waals surface area (Å²) in [6.07, 6.45) is 1.63. The van der Waals surface area contributed by atoms with E-state index in [1.54, 1.807) is 27.9 Å². The van der Waals surface area contributed by atoms with Crippen molar-refractivity contribution in [1.82, 2.24) is 20.0 Å². The van der Waals surface area contributed by atoms with Gasteiger partial charge in [-0.25, -0.2) is 4.79 Å². The van der Waals surface area contributed by atoms with Crippen molar-refractivity contribution in [2.24, 2.45) is 0 Å². The molecule has 3 rings (SSSR count). The molecule has 1 aliphatic rings. The molecule has 0 spiro atoms. The third kappa shape index (κ3) is 3.79. The monoisotopic (exact) mass is 357 g/mol. The van der Waals surface area contributed by atoms with Crippen LogP contribution in [0.1, 0.15) is 29.9 Å². The molecule has 0 unspecified atom stereocenters. The highest BCUT2D eigenvalue weighted by atomic mass is 16.5. The zero-order valence-electron chi connectivity index (χ0n) is 15.0. The normalized spacial score (nSPS) is 13.4. The van der Waals surface area contributed by atoms with Gasteiger partial charge in [0, 0.05) is 37.1 Å². The summed E-state index contributed by atoms with van der Waals surface area (Å²) in [6, 6.07) is 6.92. The summed E-state index contributed by atoms with van der Waals surface area (Å²) in [4.78, 5) is 26.3. The number of aromatic nitrogens is 2. The topological polar surface area (TPSA) is 88.5 Å². The quantitative estimate of drug-likeness (QED) is 0.877. The number of ether oxygens (including phenoxy) is 1. The number of anilines is 1. The van der Waals surface area contributed by atoms with Crippen molar-refractivity contribution in [3.63, 3.8) is 0 Å². The lowest BCUT2D eigenvalue weighted by Gasteiger charge is -2.20. The third-order valence-corrected chi connectivity index (χ3v) is 4.16. The molecule has 0 saturated heterocycles. The van der Waals surface area contributed by atoms with Crippen LogP contribution in [-0.4, -0.2) is 46.3 Å². The number of nitrogens with zero attached hydrogens (tertiary/aromatic N) is 3. The molecule has 8 nitrogen and oxygen atoms in total. The van der Waals surface area contributed by atoms with Gasteiger partial charge in [0.1, 0.15) is 18.1 Å². The minimum atomic E-state index is -0.262. The SMILES string of the molecule is CCNC(=O)Nc1ccc2c(c1)CN(C(=O)c1ccnn1CC)CCO2. The highest BCUT2D eigenvalue weighted by Gasteiger charge is 2.23. The lowest BCUT2D eigenvalue weighted by Crippen LogP contribution is -2.34. The first-order chi connectivity index (χ1) is 12.6. The maximum atomic E-state index is 12.9. The Bertz CT molecular complexity index is 802. The Hall–Kier alpha value is -3.03. The molecule has 0 aliphatic carbocycles. The van der Waals surface area contributed by atoms with Gasteiger partial charge in [-0.05, 0) is 38.1 Å². The average molecular weight is 357 g/mol. The molecule has 2 heterocycles. The fraction of sp³-hybridized carbons (Fsp3) is 0.389. The van der Waals surface area contributed by atoms with Gasteiger partial charge in [-0.15, -0.1) is 0 Å². The molecule has 0 atom stereocenters. The van der Waals surface area contributed by atoms with E-state index in [2.05, 4.69) is 15.7 Å². The molecule has 0 bridgehead atoms. The zero-order valence-corrected chi connectivity index (χ0v) is 15.0. The average Bonchev–Trinajstić information content (AvgIpc) is 3.00. The number of benzene rings is 1. The summed E-state index contributed by atoms with van der Waals surface area (Å²) < 4.78 is 7.45. The summed E-state index contributed by atoms with van der Waals surface area (Å²) in [6.45, 7) is 6.30. The van der Waals surface area contributed by atoms with Crippen LogP contribution < -0.4 is 15.4 Å². The van der Waals surface area contributed by atoms with E-state index in [1.165, 1.54) is 0 Å². The highest BCUT2D eigenvalue weighted by molar-refractivity contribution is 5.92. The van der Waals surface area contributed by atoms with E-state index < -0.39 is 0 Å². The summed E-state index contributed by atoms with van der Waals surface area (Å²) in [7, 11) is 0. The van der Waals surface area contributed by atoms with Crippen molar-refractivity contribution in [3.8, 4) is 5.75 Å². The second kappa shape index (κ2) is 7.90. The largest absolute Gasteiger partial charge is 0.491 e. The number of fused-ring (bicyclic) bond motifs is 1. The summed E-state index contributed by atoms with van der Waals surface area (Å²) in [5.74, 6) is 0.647. The van der Waals surface area contributed by atoms with Gasteiger partial charge in [0.05, 0.1) is 6.54 Å². The predicted molar refractivity (Wildman–Crippen MR) is 97.3 cm³/mol. The lowest BCUT2D eigenvalue weighted by molar-refractivity contribution is 0.0720. The molecule has 0 fully saturated rings. The summed E-state index contributed by atoms with van der Waals surface area (Å²) in [5, 5.41) is 9.64. The fourth-order valence-electron chi connectivity index (χ4n) is 2.91. The fourth-order valence-corrected chi connectivity index (χ4v) is 2.91. The Morgan fingerprint density at radius 2 is 2.12 bits per heavy atom. The summed E-state index contributed by atoms with van der Waals surface area (Å²) >= 11 is 0. The maximum Gasteiger partial charge on any atom is 0.319 e. The number of carbonyl (C=O) groups is 2. The van der Waals surface area contributed by atoms with Gasteiger partial charge < -0.3 is 20.3 Å². The van der Waals surface area contributed by atoms with Crippen LogP contribution in [-0.2, 0) is 13.1 Å². The minimum Gasteiger partial charge on any atom is -0.491 e. The van der Waals surface area contributed by atoms with Crippen molar-refractivity contribution < 1.29 is 14.3 Å². The summed E-state index contributed by atoms with van der Waals surface area (Å²) in [5.41, 5.74) is 2.08. The number of hydrogen-bond acceptors (Lipinski definition) is 4. The molecule has 1 aliphatic heterocycles. The van der Waals surface area contributed by atoms with Crippen LogP contribution in [0.25, 0.3) is 0 Å². The molecule has 0 saturated carbocycles. The molecular weight excluding hydrogens is 334 g/mol. The van der Waals surface area contributed by atoms with Crippen LogP contribution in [0.3, 0.4) is 0 Å². The molecule has 2 N–H and O–H groups in total. The standard InChI is InChI=1S/C18H23N5O3/c1-3-19-18(25)21-14-5-6-16-13(11-14)12-22(9-10-26-16)17(24)15-7-8-20-23(15)4-2/h5-8,11H,3-4,9-10,12H2,1-2H3,(H2,19,21,25). The number of urea groups is 1. The molecule has 138 valence electrons. The van der Waals surface area contributed by atoms with Gasteiger partial charge in [-0.3, -0.25) is 9.48 Å². The minimum absolute atomic E-state index is 0.0807. The van der Waals surface area contributed by atoms with E-state index in [9.17, 15) is 9.59 Å². The number of rotatable bonds is 4. The molecule has 3 amide bonds. The second-order valence-corrected chi connectivity index (χ2v) is 5.91. The van der Waals surface area contributed by atoms with Gasteiger partial charge >= 0.3 is 6.03 Å². The number of amides is 3. The van der Waals surface area contributed by atoms with Crippen LogP contribution in [0.4, 0.5) is 10.5 Å². The first kappa shape index (κ1) is 17.8. The first-order valence-electron chi connectivity index (χ1n) is 8.74. The van der Waals surface area contributed by atoms with Crippen molar-refractivity contribution in [1.29, 1.82) is 0 Å². The third-order valence-electron chi connectivity index (χ3n) is 4.16. The van der Waals surface area contributed by atoms with E-state index in [1.807, 2.05) is 26.0 Å². The van der Waals surface area contributed by atoms with Gasteiger partial charge in [0.25, 0.3) is 5.91 Å². The van der Waals surface area contributed by atoms with Crippen LogP contribution >= 0.6 is 0 Å². The predicted octanol–water partition coefficient (Wildman–Crippen LogP) is 2.08. The Morgan fingerprint density at radius 1 is 1.27 bits per heavy atom. The van der Waals surface area contributed by atoms with Crippen LogP contribution in [0, 0.1) is 0 Å². The molecule has 0 radical (unpaired) electrons. The van der Waals surface area contributed by atoms with E-state index in [0.717, 1.165) is 11.3 Å². The number of aryl methyl sites for hydroxylation is 1. The van der Waals surface area contributed by atoms with Crippen molar-refractivity contribution in [3.05, 3.63) is 41.7 Å². The van der Waals surface area contributed by atoms with E-state index >= 15 is 0 Å². The maximum absolute atomic E-state index is 12.9. The van der Waals surface area contributed by atoms with Gasteiger partial charge in [-0.1, -0.05) is 0 Å². The van der Waals surface area contributed by atoms with Crippen LogP contribution in [0.15, 0.2) is 30.5 Å². The van der Waals surface area contributed by atoms with Crippen LogP contribution in [0.5, 0.6) is 5.75 Å². The smallest absolute Gasteiger partial charge is 0.319 e. The van der Waals surface area contributed by atoms with Crippen molar-refractivity contribution in [2.75, 3.05) is 25.0 Å². The van der Waals surface area contributed by atoms with E-state index in [0.29, 0.717) is 44.2 Å². The van der Waals surface area contributed by atoms with Gasteiger partial charge in [0.15, 0.2) is 0 Å². The number of nitrogens with one attached hydrogen (secondary N) is 2. The van der Waals surface area contributed by atoms with Gasteiger partial charge in [0.2, 0.25) is 0 Å². The Kier molecular flexibility index (Phi) is 5.40. The molecule has 1 aromatic carbocycles. The Morgan fingerprint density at radius 3 is 2.88 bits per heavy atom. The molecule has 2 aromatic rings. The Balaban J connectivity index is 1.80. The van der Waals surface area contributed by atoms with E-state index in [-0.39, 0.29) is 11.9 Å². The zero-order chi connectivity index (χ0) is 18.5. The van der Waals surface area contributed by atoms with Crippen molar-refractivity contribution >= 4 is 17.6 Å². The van der Waals surface area contributed by atoms with Gasteiger partial charge in [-0.2, -0.15) is 5.10 Å².